The minimum atomic E-state index is -1.09. The second kappa shape index (κ2) is 24.6. The first-order valence-corrected chi connectivity index (χ1v) is 25.1. The molecule has 0 bridgehead atoms. The third-order valence-corrected chi connectivity index (χ3v) is 14.6. The van der Waals surface area contributed by atoms with E-state index in [1.807, 2.05) is 98.8 Å². The van der Waals surface area contributed by atoms with Crippen LogP contribution in [0.15, 0.2) is 109 Å². The number of carbonyl (C=O) groups excluding carboxylic acids is 8. The molecule has 4 aromatic rings. The largest absolute Gasteiger partial charge is 0.497 e. The molecular formula is C58H72N6O10. The van der Waals surface area contributed by atoms with E-state index in [2.05, 4.69) is 31.9 Å². The zero-order valence-electron chi connectivity index (χ0n) is 42.3. The number of amides is 6. The van der Waals surface area contributed by atoms with Crippen LogP contribution in [0.2, 0.25) is 0 Å². The highest BCUT2D eigenvalue weighted by atomic mass is 16.5. The van der Waals surface area contributed by atoms with Gasteiger partial charge in [-0.15, -0.1) is 0 Å². The van der Waals surface area contributed by atoms with Crippen LogP contribution in [0.4, 0.5) is 0 Å². The van der Waals surface area contributed by atoms with E-state index in [1.165, 1.54) is 0 Å². The van der Waals surface area contributed by atoms with Crippen molar-refractivity contribution in [3.05, 3.63) is 131 Å². The van der Waals surface area contributed by atoms with Gasteiger partial charge in [0.15, 0.2) is 11.6 Å². The molecule has 8 rings (SSSR count). The van der Waals surface area contributed by atoms with Crippen molar-refractivity contribution in [1.82, 2.24) is 31.9 Å². The number of methoxy groups -OCH3 is 2. The normalized spacial score (nSPS) is 20.1. The number of rotatable bonds is 22. The zero-order chi connectivity index (χ0) is 52.3. The van der Waals surface area contributed by atoms with Gasteiger partial charge in [0.2, 0.25) is 35.4 Å². The molecule has 0 spiro atoms. The minimum Gasteiger partial charge on any atom is -0.497 e. The van der Waals surface area contributed by atoms with Crippen LogP contribution in [0.5, 0.6) is 11.5 Å². The quantitative estimate of drug-likeness (QED) is 0.0602. The van der Waals surface area contributed by atoms with E-state index in [9.17, 15) is 38.4 Å². The number of nitrogens with one attached hydrogen (secondary N) is 6. The predicted octanol–water partition coefficient (Wildman–Crippen LogP) is 5.22. The summed E-state index contributed by atoms with van der Waals surface area (Å²) in [6.45, 7) is 5.52. The molecule has 4 fully saturated rings. The lowest BCUT2D eigenvalue weighted by molar-refractivity contribution is -0.135. The molecule has 394 valence electrons. The Labute approximate surface area is 434 Å². The molecule has 2 heterocycles. The van der Waals surface area contributed by atoms with Crippen molar-refractivity contribution in [2.75, 3.05) is 14.2 Å². The van der Waals surface area contributed by atoms with Crippen molar-refractivity contribution < 1.29 is 47.8 Å². The molecule has 4 aliphatic rings. The van der Waals surface area contributed by atoms with Crippen molar-refractivity contribution in [3.63, 3.8) is 0 Å². The second-order valence-electron chi connectivity index (χ2n) is 20.6. The minimum absolute atomic E-state index is 0. The standard InChI is InChI=1S/C29H35N3O5.C28H33N3O5.CH4/c1-28(15-16-28)25(34)22(17-19-7-5-4-6-8-19)30-26(35)23(18-20-9-11-21(37-3)12-10-20)31-27(36)29(2)14-13-24(33)32-29;1-28(14-15-28)25(33)22(16-18-6-4-3-5-7-18)30-27(35)23(17-19-8-10-20(36-2)11-9-19)31-26(34)21-12-13-24(32)29-21;/h4-12,22-23H,13-18H2,1-3H3,(H,30,35)(H,31,36)(H,32,33);3-11,21-23H,12-17H2,1-2H3,(H,29,32)(H,30,35)(H,31,34);1H4. The maximum atomic E-state index is 13.7. The van der Waals surface area contributed by atoms with E-state index in [-0.39, 0.29) is 56.5 Å². The molecular weight excluding hydrogens is 941 g/mol. The third-order valence-electron chi connectivity index (χ3n) is 14.6. The van der Waals surface area contributed by atoms with Crippen molar-refractivity contribution >= 4 is 47.0 Å². The fourth-order valence-corrected chi connectivity index (χ4v) is 9.15. The van der Waals surface area contributed by atoms with Crippen LogP contribution in [0.25, 0.3) is 0 Å². The van der Waals surface area contributed by atoms with E-state index < -0.39 is 70.2 Å². The molecule has 6 unspecified atom stereocenters. The van der Waals surface area contributed by atoms with Crippen LogP contribution in [-0.4, -0.2) is 97.0 Å². The van der Waals surface area contributed by atoms with Gasteiger partial charge in [-0.2, -0.15) is 0 Å². The summed E-state index contributed by atoms with van der Waals surface area (Å²) < 4.78 is 10.4. The molecule has 0 aromatic heterocycles. The van der Waals surface area contributed by atoms with Gasteiger partial charge in [0, 0.05) is 36.5 Å². The van der Waals surface area contributed by atoms with Crippen LogP contribution in [0.1, 0.15) is 102 Å². The lowest BCUT2D eigenvalue weighted by atomic mass is 9.92. The summed E-state index contributed by atoms with van der Waals surface area (Å²) in [5, 5.41) is 16.9. The molecule has 6 amide bonds. The topological polar surface area (TPSA) is 227 Å². The lowest BCUT2D eigenvalue weighted by Gasteiger charge is -2.28. The second-order valence-corrected chi connectivity index (χ2v) is 20.6. The van der Waals surface area contributed by atoms with Crippen LogP contribution >= 0.6 is 0 Å². The molecule has 74 heavy (non-hydrogen) atoms. The van der Waals surface area contributed by atoms with Gasteiger partial charge in [-0.25, -0.2) is 0 Å². The Balaban J connectivity index is 0.000000238. The number of benzene rings is 4. The zero-order valence-corrected chi connectivity index (χ0v) is 42.3. The molecule has 16 heteroatoms. The molecule has 2 saturated heterocycles. The van der Waals surface area contributed by atoms with Gasteiger partial charge in [0.25, 0.3) is 0 Å². The smallest absolute Gasteiger partial charge is 0.246 e. The summed E-state index contributed by atoms with van der Waals surface area (Å²) in [7, 11) is 3.15. The van der Waals surface area contributed by atoms with Crippen LogP contribution < -0.4 is 41.4 Å². The summed E-state index contributed by atoms with van der Waals surface area (Å²) in [4.78, 5) is 103. The number of hydrogen-bond donors (Lipinski definition) is 6. The molecule has 16 nitrogen and oxygen atoms in total. The first kappa shape index (κ1) is 55.9. The highest BCUT2D eigenvalue weighted by Gasteiger charge is 2.49. The van der Waals surface area contributed by atoms with E-state index in [0.717, 1.165) is 47.9 Å². The van der Waals surface area contributed by atoms with Crippen molar-refractivity contribution in [3.8, 4) is 11.5 Å². The summed E-state index contributed by atoms with van der Waals surface area (Å²) in [5.74, 6) is -0.687. The summed E-state index contributed by atoms with van der Waals surface area (Å²) in [6.07, 6.45) is 5.68. The van der Waals surface area contributed by atoms with E-state index >= 15 is 0 Å². The molecule has 2 aliphatic carbocycles. The number of ether oxygens (including phenoxy) is 2. The van der Waals surface area contributed by atoms with Crippen molar-refractivity contribution in [2.45, 2.75) is 141 Å². The van der Waals surface area contributed by atoms with Gasteiger partial charge in [-0.1, -0.05) is 106 Å². The highest BCUT2D eigenvalue weighted by molar-refractivity contribution is 6.00. The van der Waals surface area contributed by atoms with Gasteiger partial charge in [0.1, 0.15) is 35.2 Å². The third kappa shape index (κ3) is 14.9. The monoisotopic (exact) mass is 1010 g/mol. The average Bonchev–Trinajstić information content (AvgIpc) is 4.25. The van der Waals surface area contributed by atoms with Gasteiger partial charge in [-0.3, -0.25) is 38.4 Å². The van der Waals surface area contributed by atoms with Crippen molar-refractivity contribution in [1.29, 1.82) is 0 Å². The Morgan fingerprint density at radius 1 is 0.527 bits per heavy atom. The van der Waals surface area contributed by atoms with Gasteiger partial charge in [0.05, 0.1) is 26.3 Å². The Bertz CT molecular complexity index is 2640. The summed E-state index contributed by atoms with van der Waals surface area (Å²) >= 11 is 0. The first-order chi connectivity index (χ1) is 34.9. The average molecular weight is 1010 g/mol. The molecule has 6 atom stereocenters. The fourth-order valence-electron chi connectivity index (χ4n) is 9.15. The van der Waals surface area contributed by atoms with Crippen LogP contribution in [-0.2, 0) is 64.0 Å². The molecule has 2 aliphatic heterocycles. The Hall–Kier alpha value is -7.36. The number of hydrogen-bond acceptors (Lipinski definition) is 10. The summed E-state index contributed by atoms with van der Waals surface area (Å²) in [5.41, 5.74) is 1.61. The Morgan fingerprint density at radius 3 is 1.30 bits per heavy atom. The molecule has 6 N–H and O–H groups in total. The van der Waals surface area contributed by atoms with E-state index in [4.69, 9.17) is 9.47 Å². The lowest BCUT2D eigenvalue weighted by Crippen LogP contribution is -2.59. The highest BCUT2D eigenvalue weighted by Crippen LogP contribution is 2.47. The predicted molar refractivity (Wildman–Crippen MR) is 280 cm³/mol. The molecule has 2 saturated carbocycles. The SMILES string of the molecule is C.COc1ccc(CC(NC(=O)C2(C)CCC(=O)N2)C(=O)NC(Cc2ccccc2)C(=O)C2(C)CC2)cc1.COc1ccc(CC(NC(=O)C2CCC(=O)N2)C(=O)NC(Cc2ccccc2)C(=O)C2(C)CC2)cc1. The maximum absolute atomic E-state index is 13.7. The van der Waals surface area contributed by atoms with Gasteiger partial charge >= 0.3 is 0 Å². The Kier molecular flexibility index (Phi) is 18.6. The van der Waals surface area contributed by atoms with Gasteiger partial charge in [-0.05, 0) is 105 Å². The maximum Gasteiger partial charge on any atom is 0.246 e. The number of Topliss-reactive ketones (excluding diaryl/α,β-unsaturated/α-hetero) is 2. The number of ketones is 2. The molecule has 0 radical (unpaired) electrons. The van der Waals surface area contributed by atoms with Crippen molar-refractivity contribution in [2.24, 2.45) is 10.8 Å². The summed E-state index contributed by atoms with van der Waals surface area (Å²) in [6, 6.07) is 29.7. The van der Waals surface area contributed by atoms with E-state index in [0.29, 0.717) is 37.2 Å². The van der Waals surface area contributed by atoms with Gasteiger partial charge < -0.3 is 41.4 Å². The van der Waals surface area contributed by atoms with E-state index in [1.54, 1.807) is 45.4 Å². The fraction of sp³-hybridized carbons (Fsp3) is 0.448. The van der Waals surface area contributed by atoms with Crippen LogP contribution in [0.3, 0.4) is 0 Å². The number of carbonyl (C=O) groups is 8. The Morgan fingerprint density at radius 2 is 0.932 bits per heavy atom. The van der Waals surface area contributed by atoms with Crippen LogP contribution in [0, 0.1) is 10.8 Å². The first-order valence-electron chi connectivity index (χ1n) is 25.1. The molecule has 4 aromatic carbocycles.